The summed E-state index contributed by atoms with van der Waals surface area (Å²) in [5, 5.41) is 26.3. The largest absolute Gasteiger partial charge is 0.547 e. The number of aliphatic carboxylic acids is 2. The van der Waals surface area contributed by atoms with Crippen molar-refractivity contribution in [3.63, 3.8) is 0 Å². The van der Waals surface area contributed by atoms with Crippen LogP contribution in [-0.4, -0.2) is 320 Å². The Bertz CT molecular complexity index is 3060. The zero-order valence-corrected chi connectivity index (χ0v) is 52.5. The predicted molar refractivity (Wildman–Crippen MR) is 267 cm³/mol. The van der Waals surface area contributed by atoms with Crippen molar-refractivity contribution in [3.05, 3.63) is 0 Å². The van der Waals surface area contributed by atoms with Gasteiger partial charge in [0.2, 0.25) is 0 Å². The van der Waals surface area contributed by atoms with Crippen LogP contribution in [0.25, 0.3) is 0 Å². The van der Waals surface area contributed by atoms with Gasteiger partial charge in [0.15, 0.2) is 31.3 Å². The molecule has 25 atom stereocenters. The molecule has 6 N–H and O–H groups in total. The Morgan fingerprint density at radius 3 is 0.900 bits per heavy atom. The first kappa shape index (κ1) is 78.2. The van der Waals surface area contributed by atoms with E-state index in [0.29, 0.717) is 0 Å². The third-order valence-corrected chi connectivity index (χ3v) is 16.4. The van der Waals surface area contributed by atoms with Crippen LogP contribution < -0.4 is 10.2 Å². The summed E-state index contributed by atoms with van der Waals surface area (Å²) >= 11 is 0. The van der Waals surface area contributed by atoms with E-state index in [2.05, 4.69) is 12.5 Å². The molecule has 0 bridgehead atoms. The van der Waals surface area contributed by atoms with E-state index in [1.54, 1.807) is 0 Å². The Kier molecular flexibility index (Phi) is 27.8. The number of carboxylic acid groups (broad SMARTS) is 2. The fourth-order valence-corrected chi connectivity index (χ4v) is 12.7. The van der Waals surface area contributed by atoms with E-state index in [0.717, 1.165) is 63.8 Å². The fourth-order valence-electron chi connectivity index (χ4n) is 10.3. The molecular formula is C39H64O45S6-2. The van der Waals surface area contributed by atoms with E-state index in [1.165, 1.54) is 0 Å². The number of hydrogen-bond acceptors (Lipinski definition) is 39. The van der Waals surface area contributed by atoms with Crippen molar-refractivity contribution in [3.8, 4) is 0 Å². The molecule has 0 spiro atoms. The normalized spacial score (nSPS) is 38.6. The van der Waals surface area contributed by atoms with Crippen LogP contribution in [0.4, 0.5) is 0 Å². The molecule has 5 rings (SSSR count). The average Bonchev–Trinajstić information content (AvgIpc) is 0.772. The summed E-state index contributed by atoms with van der Waals surface area (Å²) in [5.41, 5.74) is 0. The molecule has 5 saturated heterocycles. The highest BCUT2D eigenvalue weighted by Crippen LogP contribution is 2.41. The Balaban J connectivity index is 1.60. The molecule has 1 unspecified atom stereocenters. The number of ether oxygens (including phenoxy) is 17. The molecule has 5 fully saturated rings. The minimum atomic E-state index is -6.15. The van der Waals surface area contributed by atoms with Crippen molar-refractivity contribution in [2.24, 2.45) is 0 Å². The van der Waals surface area contributed by atoms with Crippen molar-refractivity contribution in [1.82, 2.24) is 0 Å². The third kappa shape index (κ3) is 21.0. The number of methoxy groups -OCH3 is 8. The number of hydrogen-bond donors (Lipinski definition) is 6. The zero-order valence-electron chi connectivity index (χ0n) is 47.6. The maximum absolute atomic E-state index is 13.2. The van der Waals surface area contributed by atoms with E-state index in [1.807, 2.05) is 0 Å². The highest BCUT2D eigenvalue weighted by Gasteiger charge is 2.61. The van der Waals surface area contributed by atoms with Gasteiger partial charge in [-0.3, -0.25) is 27.3 Å². The van der Waals surface area contributed by atoms with E-state index in [4.69, 9.17) is 93.1 Å². The number of carboxylic acids is 2. The molecule has 0 aromatic carbocycles. The minimum absolute atomic E-state index is 0.804. The second kappa shape index (κ2) is 32.0. The first-order valence-corrected chi connectivity index (χ1v) is 33.1. The van der Waals surface area contributed by atoms with Gasteiger partial charge in [0.1, 0.15) is 116 Å². The lowest BCUT2D eigenvalue weighted by Crippen LogP contribution is -2.70. The van der Waals surface area contributed by atoms with Crippen LogP contribution in [0.1, 0.15) is 6.92 Å². The maximum Gasteiger partial charge on any atom is 0.397 e. The molecule has 45 nitrogen and oxygen atoms in total. The SMILES string of the molecule is COC1[C@@H](OC)[C@H](O[C@H]2[C@H](OC)[C@@H](OS(=O)(=O)O)[C@@H](C)O[C@@H]2COS(=O)(=O)O)O[C@@H](C(=O)[O-])[C@H]1O[C@H]1O[C@H](COS(=O)(=O)O)[C@@H](O[C@@H]2O[C@H](C(=O)[O-])[C@@H](O[C@H]3O[C@H](COS(=O)(=O)O)[C@@H](OC)[C@H](OC)[C@H]3OC)[C@H](OC)[C@H]2OC)[C@H](OS(=O)(=O)O)[C@H]1OS(=O)(=O)O. The van der Waals surface area contributed by atoms with Gasteiger partial charge < -0.3 is 100 Å². The standard InChI is InChI=1S/C39H66O45S6/c1-13-17(82-88(53,54)55)21(63-3)19(15(73-13)11-71-86(47,48)49)76-37-31(68-8)24(66-6)26(29(80-37)35(42)43)79-39-33(84-90(59,60)61)27(83-89(56,57)58)20(16(75-39)12-72-87(50,51)52)77-38-32(69-9)23(65-5)25(28(81-38)34(40)41)78-36-30(67-7)22(64-4)18(62-2)14(74-36)10-70-85(44,45)46/h13-33,36-39H,10-12H2,1-9H3,(H,40,41)(H,42,43)(H,44,45,46)(H,47,48,49)(H,50,51,52)(H,53,54,55)(H,56,57,58)(H,59,60,61)/p-2/t13-,14-,15-,16-,17+,18-,19-,20-,21-,22+,23+,24?,25+,26+,27+,28+,29-,30-,31-,32-,33-,36-,37-,38-,39-/m1/s1. The van der Waals surface area contributed by atoms with Crippen LogP contribution in [-0.2, 0) is 178 Å². The Labute approximate surface area is 512 Å². The lowest BCUT2D eigenvalue weighted by molar-refractivity contribution is -0.400. The molecule has 0 saturated carbocycles. The summed E-state index contributed by atoms with van der Waals surface area (Å²) in [5.74, 6) is -4.60. The summed E-state index contributed by atoms with van der Waals surface area (Å²) in [4.78, 5) is 26.3. The molecule has 51 heteroatoms. The third-order valence-electron chi connectivity index (χ3n) is 13.7. The molecule has 0 aromatic heterocycles. The van der Waals surface area contributed by atoms with Crippen molar-refractivity contribution >= 4 is 74.3 Å². The summed E-state index contributed by atoms with van der Waals surface area (Å²) in [6, 6.07) is 0. The van der Waals surface area contributed by atoms with Gasteiger partial charge in [-0.15, -0.1) is 0 Å². The lowest BCUT2D eigenvalue weighted by Gasteiger charge is -2.52. The monoisotopic (exact) mass is 1440 g/mol. The topological polar surface area (TPSA) is 619 Å². The highest BCUT2D eigenvalue weighted by atomic mass is 32.3. The van der Waals surface area contributed by atoms with Crippen LogP contribution >= 0.6 is 0 Å². The Morgan fingerprint density at radius 2 is 0.578 bits per heavy atom. The molecular weight excluding hydrogens is 1380 g/mol. The van der Waals surface area contributed by atoms with Gasteiger partial charge >= 0.3 is 62.4 Å². The van der Waals surface area contributed by atoms with Crippen LogP contribution in [0, 0.1) is 0 Å². The quantitative estimate of drug-likeness (QED) is 0.0332. The second-order valence-corrected chi connectivity index (χ2v) is 25.5. The average molecular weight is 1450 g/mol. The molecule has 0 radical (unpaired) electrons. The van der Waals surface area contributed by atoms with E-state index in [9.17, 15) is 97.6 Å². The molecule has 528 valence electrons. The van der Waals surface area contributed by atoms with Crippen molar-refractivity contribution in [2.45, 2.75) is 160 Å². The molecule has 0 amide bonds. The Hall–Kier alpha value is -2.52. The molecule has 0 aromatic rings. The number of carbonyl (C=O) groups excluding carboxylic acids is 2. The second-order valence-electron chi connectivity index (χ2n) is 19.1. The van der Waals surface area contributed by atoms with Gasteiger partial charge in [0, 0.05) is 56.9 Å². The number of carbonyl (C=O) groups is 2. The van der Waals surface area contributed by atoms with Crippen LogP contribution in [0.15, 0.2) is 0 Å². The fraction of sp³-hybridized carbons (Fsp3) is 0.949. The smallest absolute Gasteiger partial charge is 0.397 e. The van der Waals surface area contributed by atoms with Gasteiger partial charge in [-0.1, -0.05) is 0 Å². The molecule has 5 aliphatic heterocycles. The first-order valence-electron chi connectivity index (χ1n) is 24.9. The summed E-state index contributed by atoms with van der Waals surface area (Å²) in [6.07, 6.45) is -53.9. The van der Waals surface area contributed by atoms with Gasteiger partial charge in [0.25, 0.3) is 0 Å². The molecule has 0 aliphatic carbocycles. The first-order chi connectivity index (χ1) is 41.6. The molecule has 5 aliphatic rings. The van der Waals surface area contributed by atoms with Gasteiger partial charge in [-0.25, -0.2) is 25.1 Å². The summed E-state index contributed by atoms with van der Waals surface area (Å²) in [7, 11) is -26.2. The number of rotatable bonds is 33. The molecule has 5 heterocycles. The minimum Gasteiger partial charge on any atom is -0.547 e. The predicted octanol–water partition coefficient (Wildman–Crippen LogP) is -9.14. The van der Waals surface area contributed by atoms with Crippen molar-refractivity contribution in [2.75, 3.05) is 76.7 Å². The van der Waals surface area contributed by atoms with Gasteiger partial charge in [-0.2, -0.15) is 50.5 Å². The van der Waals surface area contributed by atoms with Crippen LogP contribution in [0.5, 0.6) is 0 Å². The lowest BCUT2D eigenvalue weighted by atomic mass is 9.94. The van der Waals surface area contributed by atoms with E-state index < -0.39 is 247 Å². The van der Waals surface area contributed by atoms with Gasteiger partial charge in [0.05, 0.1) is 37.9 Å². The van der Waals surface area contributed by atoms with E-state index >= 15 is 0 Å². The van der Waals surface area contributed by atoms with Gasteiger partial charge in [-0.05, 0) is 6.92 Å². The van der Waals surface area contributed by atoms with E-state index in [-0.39, 0.29) is 0 Å². The molecule has 90 heavy (non-hydrogen) atoms. The zero-order chi connectivity index (χ0) is 68.0. The summed E-state index contributed by atoms with van der Waals surface area (Å²) in [6.45, 7) is -2.80. The summed E-state index contributed by atoms with van der Waals surface area (Å²) < 4.78 is 328. The van der Waals surface area contributed by atoms with Crippen LogP contribution in [0.2, 0.25) is 0 Å². The highest BCUT2D eigenvalue weighted by molar-refractivity contribution is 7.82. The maximum atomic E-state index is 13.2. The Morgan fingerprint density at radius 1 is 0.322 bits per heavy atom. The van der Waals surface area contributed by atoms with Crippen molar-refractivity contribution in [1.29, 1.82) is 0 Å². The van der Waals surface area contributed by atoms with Crippen molar-refractivity contribution < 1.29 is 203 Å². The van der Waals surface area contributed by atoms with Crippen LogP contribution in [0.3, 0.4) is 0 Å².